The third kappa shape index (κ3) is 3.12. The Hall–Kier alpha value is -2.24. The van der Waals surface area contributed by atoms with E-state index < -0.39 is 0 Å². The fourth-order valence-corrected chi connectivity index (χ4v) is 5.22. The van der Waals surface area contributed by atoms with Gasteiger partial charge in [-0.05, 0) is 74.9 Å². The lowest BCUT2D eigenvalue weighted by atomic mass is 9.77. The number of fused-ring (bicyclic) bond motifs is 4. The van der Waals surface area contributed by atoms with Gasteiger partial charge in [0.15, 0.2) is 0 Å². The van der Waals surface area contributed by atoms with Crippen molar-refractivity contribution in [2.45, 2.75) is 51.2 Å². The van der Waals surface area contributed by atoms with Crippen molar-refractivity contribution in [2.75, 3.05) is 13.1 Å². The third-order valence-corrected chi connectivity index (χ3v) is 6.51. The summed E-state index contributed by atoms with van der Waals surface area (Å²) in [6.07, 6.45) is 7.98. The average Bonchev–Trinajstić information content (AvgIpc) is 3.09. The Morgan fingerprint density at radius 1 is 1.11 bits per heavy atom. The molecule has 146 valence electrons. The van der Waals surface area contributed by atoms with Crippen LogP contribution in [-0.2, 0) is 19.5 Å². The number of imidazole rings is 1. The van der Waals surface area contributed by atoms with E-state index in [-0.39, 0.29) is 0 Å². The van der Waals surface area contributed by atoms with Gasteiger partial charge in [-0.3, -0.25) is 9.88 Å². The minimum atomic E-state index is 0.432. The Morgan fingerprint density at radius 3 is 2.96 bits per heavy atom. The number of aromatic nitrogens is 3. The van der Waals surface area contributed by atoms with E-state index in [9.17, 15) is 0 Å². The van der Waals surface area contributed by atoms with Crippen LogP contribution < -0.4 is 5.73 Å². The Labute approximate surface area is 166 Å². The lowest BCUT2D eigenvalue weighted by molar-refractivity contribution is 0.0664. The summed E-state index contributed by atoms with van der Waals surface area (Å²) in [6.45, 7) is 3.65. The predicted molar refractivity (Wildman–Crippen MR) is 112 cm³/mol. The van der Waals surface area contributed by atoms with Crippen molar-refractivity contribution in [1.82, 2.24) is 19.4 Å². The Kier molecular flexibility index (Phi) is 4.87. The molecule has 3 aromatic rings. The zero-order valence-corrected chi connectivity index (χ0v) is 16.4. The standard InChI is InChI=1S/C23H29N5/c24-12-5-15-28-20-9-2-1-8-19(20)26-21(28)16-27-14-4-7-18-11-10-17-6-3-13-25-22(17)23(18)27/h1-3,6,8-9,13,18,23H,4-5,7,10-12,14-16,24H2/t18-,23-/m0/s1. The van der Waals surface area contributed by atoms with E-state index in [4.69, 9.17) is 15.7 Å². The maximum atomic E-state index is 5.81. The number of rotatable bonds is 5. The first-order chi connectivity index (χ1) is 13.8. The van der Waals surface area contributed by atoms with Crippen LogP contribution in [-0.4, -0.2) is 32.5 Å². The van der Waals surface area contributed by atoms with E-state index in [1.807, 2.05) is 6.20 Å². The maximum absolute atomic E-state index is 5.81. The number of aryl methyl sites for hydroxylation is 2. The van der Waals surface area contributed by atoms with Gasteiger partial charge in [0.05, 0.1) is 29.3 Å². The Bertz CT molecular complexity index is 963. The molecule has 0 spiro atoms. The van der Waals surface area contributed by atoms with Crippen molar-refractivity contribution in [1.29, 1.82) is 0 Å². The SMILES string of the molecule is NCCCn1c(CN2CCC[C@H]3CCc4cccnc4[C@H]32)nc2ccccc21. The van der Waals surface area contributed by atoms with Crippen LogP contribution in [0.3, 0.4) is 0 Å². The van der Waals surface area contributed by atoms with E-state index in [2.05, 4.69) is 45.9 Å². The quantitative estimate of drug-likeness (QED) is 0.739. The molecular formula is C23H29N5. The molecule has 2 aromatic heterocycles. The minimum Gasteiger partial charge on any atom is -0.330 e. The van der Waals surface area contributed by atoms with Crippen LogP contribution in [0.5, 0.6) is 0 Å². The van der Waals surface area contributed by atoms with Crippen LogP contribution in [0.25, 0.3) is 11.0 Å². The van der Waals surface area contributed by atoms with Crippen molar-refractivity contribution < 1.29 is 0 Å². The average molecular weight is 376 g/mol. The lowest BCUT2D eigenvalue weighted by Gasteiger charge is -2.44. The molecule has 1 saturated heterocycles. The van der Waals surface area contributed by atoms with E-state index in [0.29, 0.717) is 12.6 Å². The molecule has 0 radical (unpaired) electrons. The molecule has 1 aromatic carbocycles. The van der Waals surface area contributed by atoms with Gasteiger partial charge in [0.25, 0.3) is 0 Å². The number of benzene rings is 1. The van der Waals surface area contributed by atoms with Crippen molar-refractivity contribution in [3.63, 3.8) is 0 Å². The highest BCUT2D eigenvalue weighted by Crippen LogP contribution is 2.43. The molecule has 3 heterocycles. The highest BCUT2D eigenvalue weighted by molar-refractivity contribution is 5.75. The van der Waals surface area contributed by atoms with Crippen molar-refractivity contribution in [3.05, 3.63) is 59.7 Å². The van der Waals surface area contributed by atoms with Gasteiger partial charge in [-0.25, -0.2) is 4.98 Å². The van der Waals surface area contributed by atoms with Gasteiger partial charge in [0, 0.05) is 12.7 Å². The summed E-state index contributed by atoms with van der Waals surface area (Å²) >= 11 is 0. The van der Waals surface area contributed by atoms with E-state index in [1.165, 1.54) is 48.3 Å². The molecule has 1 aliphatic heterocycles. The molecule has 2 atom stereocenters. The van der Waals surface area contributed by atoms with Crippen LogP contribution in [0.1, 0.15) is 48.8 Å². The lowest BCUT2D eigenvalue weighted by Crippen LogP contribution is -2.41. The molecule has 0 amide bonds. The van der Waals surface area contributed by atoms with Gasteiger partial charge in [0.1, 0.15) is 5.82 Å². The normalized spacial score (nSPS) is 22.2. The van der Waals surface area contributed by atoms with Gasteiger partial charge in [0.2, 0.25) is 0 Å². The van der Waals surface area contributed by atoms with Crippen LogP contribution in [0.15, 0.2) is 42.6 Å². The number of para-hydroxylation sites is 2. The first kappa shape index (κ1) is 17.8. The van der Waals surface area contributed by atoms with Crippen LogP contribution >= 0.6 is 0 Å². The van der Waals surface area contributed by atoms with Gasteiger partial charge in [-0.15, -0.1) is 0 Å². The second kappa shape index (κ2) is 7.64. The minimum absolute atomic E-state index is 0.432. The monoisotopic (exact) mass is 375 g/mol. The second-order valence-corrected chi connectivity index (χ2v) is 8.21. The highest BCUT2D eigenvalue weighted by Gasteiger charge is 2.38. The molecule has 0 unspecified atom stereocenters. The van der Waals surface area contributed by atoms with Crippen LogP contribution in [0, 0.1) is 5.92 Å². The number of piperidine rings is 1. The molecule has 2 aliphatic rings. The number of hydrogen-bond acceptors (Lipinski definition) is 4. The zero-order valence-electron chi connectivity index (χ0n) is 16.4. The Morgan fingerprint density at radius 2 is 2.04 bits per heavy atom. The smallest absolute Gasteiger partial charge is 0.124 e. The van der Waals surface area contributed by atoms with E-state index in [0.717, 1.165) is 37.5 Å². The Balaban J connectivity index is 1.50. The number of hydrogen-bond donors (Lipinski definition) is 1. The summed E-state index contributed by atoms with van der Waals surface area (Å²) in [4.78, 5) is 12.5. The van der Waals surface area contributed by atoms with Crippen LogP contribution in [0.4, 0.5) is 0 Å². The molecule has 28 heavy (non-hydrogen) atoms. The van der Waals surface area contributed by atoms with E-state index >= 15 is 0 Å². The fraction of sp³-hybridized carbons (Fsp3) is 0.478. The largest absolute Gasteiger partial charge is 0.330 e. The summed E-state index contributed by atoms with van der Waals surface area (Å²) in [6, 6.07) is 13.3. The maximum Gasteiger partial charge on any atom is 0.124 e. The molecule has 5 rings (SSSR count). The molecule has 5 heteroatoms. The molecule has 2 N–H and O–H groups in total. The fourth-order valence-electron chi connectivity index (χ4n) is 5.22. The number of likely N-dealkylation sites (tertiary alicyclic amines) is 1. The van der Waals surface area contributed by atoms with Gasteiger partial charge < -0.3 is 10.3 Å². The summed E-state index contributed by atoms with van der Waals surface area (Å²) in [7, 11) is 0. The molecule has 1 aliphatic carbocycles. The third-order valence-electron chi connectivity index (χ3n) is 6.51. The topological polar surface area (TPSA) is 60.0 Å². The predicted octanol–water partition coefficient (Wildman–Crippen LogP) is 3.68. The van der Waals surface area contributed by atoms with Gasteiger partial charge >= 0.3 is 0 Å². The summed E-state index contributed by atoms with van der Waals surface area (Å²) in [5.74, 6) is 1.89. The van der Waals surface area contributed by atoms with Crippen molar-refractivity contribution in [2.24, 2.45) is 11.7 Å². The summed E-state index contributed by atoms with van der Waals surface area (Å²) in [5.41, 5.74) is 10.9. The summed E-state index contributed by atoms with van der Waals surface area (Å²) in [5, 5.41) is 0. The molecule has 1 fully saturated rings. The second-order valence-electron chi connectivity index (χ2n) is 8.21. The first-order valence-corrected chi connectivity index (χ1v) is 10.7. The molecule has 0 saturated carbocycles. The molecule has 5 nitrogen and oxygen atoms in total. The van der Waals surface area contributed by atoms with Gasteiger partial charge in [-0.2, -0.15) is 0 Å². The van der Waals surface area contributed by atoms with Crippen LogP contribution in [0.2, 0.25) is 0 Å². The van der Waals surface area contributed by atoms with E-state index in [1.54, 1.807) is 0 Å². The van der Waals surface area contributed by atoms with Crippen molar-refractivity contribution >= 4 is 11.0 Å². The summed E-state index contributed by atoms with van der Waals surface area (Å²) < 4.78 is 2.38. The zero-order chi connectivity index (χ0) is 18.9. The molecule has 0 bridgehead atoms. The number of nitrogens with zero attached hydrogens (tertiary/aromatic N) is 4. The molecular weight excluding hydrogens is 346 g/mol. The number of nitrogens with two attached hydrogens (primary N) is 1. The first-order valence-electron chi connectivity index (χ1n) is 10.7. The van der Waals surface area contributed by atoms with Gasteiger partial charge in [-0.1, -0.05) is 18.2 Å². The van der Waals surface area contributed by atoms with Crippen molar-refractivity contribution in [3.8, 4) is 0 Å². The highest BCUT2D eigenvalue weighted by atomic mass is 15.2. The number of pyridine rings is 1.